The molecule has 1 aliphatic carbocycles. The first-order chi connectivity index (χ1) is 9.16. The number of fused-ring (bicyclic) bond motifs is 1. The van der Waals surface area contributed by atoms with Crippen LogP contribution in [0.2, 0.25) is 0 Å². The number of para-hydroxylation sites is 2. The zero-order valence-corrected chi connectivity index (χ0v) is 11.3. The summed E-state index contributed by atoms with van der Waals surface area (Å²) in [5, 5.41) is 3.39. The van der Waals surface area contributed by atoms with Gasteiger partial charge in [0.2, 0.25) is 0 Å². The van der Waals surface area contributed by atoms with Crippen LogP contribution >= 0.6 is 0 Å². The lowest BCUT2D eigenvalue weighted by Crippen LogP contribution is -2.24. The first-order valence-electron chi connectivity index (χ1n) is 6.92. The van der Waals surface area contributed by atoms with Crippen LogP contribution in [0.15, 0.2) is 24.3 Å². The molecule has 3 N–H and O–H groups in total. The van der Waals surface area contributed by atoms with Crippen molar-refractivity contribution in [2.75, 3.05) is 17.6 Å². The van der Waals surface area contributed by atoms with E-state index in [1.807, 2.05) is 24.3 Å². The molecule has 0 amide bonds. The molecule has 1 fully saturated rings. The lowest BCUT2D eigenvalue weighted by molar-refractivity contribution is 0.361. The lowest BCUT2D eigenvalue weighted by atomic mass is 9.89. The summed E-state index contributed by atoms with van der Waals surface area (Å²) in [6.45, 7) is 3.25. The minimum atomic E-state index is 0.375. The zero-order valence-electron chi connectivity index (χ0n) is 11.3. The third-order valence-corrected chi connectivity index (χ3v) is 4.09. The second-order valence-corrected chi connectivity index (χ2v) is 5.82. The van der Waals surface area contributed by atoms with Gasteiger partial charge in [0, 0.05) is 6.54 Å². The highest BCUT2D eigenvalue weighted by Gasteiger charge is 2.28. The fraction of sp³-hybridized carbons (Fsp3) is 0.467. The van der Waals surface area contributed by atoms with E-state index in [0.29, 0.717) is 17.1 Å². The smallest absolute Gasteiger partial charge is 0.169 e. The molecule has 4 heteroatoms. The molecule has 0 atom stereocenters. The van der Waals surface area contributed by atoms with Gasteiger partial charge in [-0.1, -0.05) is 31.9 Å². The van der Waals surface area contributed by atoms with E-state index >= 15 is 0 Å². The fourth-order valence-electron chi connectivity index (χ4n) is 2.85. The average Bonchev–Trinajstić information content (AvgIpc) is 2.84. The highest BCUT2D eigenvalue weighted by Crippen LogP contribution is 2.37. The van der Waals surface area contributed by atoms with Gasteiger partial charge in [-0.15, -0.1) is 0 Å². The Kier molecular flexibility index (Phi) is 3.01. The second-order valence-electron chi connectivity index (χ2n) is 5.82. The molecular weight excluding hydrogens is 236 g/mol. The summed E-state index contributed by atoms with van der Waals surface area (Å²) in [6, 6.07) is 7.81. The van der Waals surface area contributed by atoms with Gasteiger partial charge < -0.3 is 11.1 Å². The van der Waals surface area contributed by atoms with Crippen molar-refractivity contribution in [1.29, 1.82) is 0 Å². The monoisotopic (exact) mass is 256 g/mol. The number of nitrogens with one attached hydrogen (secondary N) is 1. The first kappa shape index (κ1) is 12.2. The Morgan fingerprint density at radius 3 is 2.47 bits per heavy atom. The van der Waals surface area contributed by atoms with Crippen LogP contribution in [0.3, 0.4) is 0 Å². The highest BCUT2D eigenvalue weighted by molar-refractivity contribution is 5.79. The van der Waals surface area contributed by atoms with Crippen LogP contribution in [-0.2, 0) is 0 Å². The Bertz CT molecular complexity index is 588. The van der Waals surface area contributed by atoms with Gasteiger partial charge in [0.1, 0.15) is 0 Å². The molecule has 3 rings (SSSR count). The van der Waals surface area contributed by atoms with Crippen molar-refractivity contribution in [3.63, 3.8) is 0 Å². The number of anilines is 2. The quantitative estimate of drug-likeness (QED) is 0.885. The van der Waals surface area contributed by atoms with E-state index in [9.17, 15) is 0 Å². The molecule has 1 aromatic heterocycles. The van der Waals surface area contributed by atoms with Gasteiger partial charge in [-0.2, -0.15) is 0 Å². The van der Waals surface area contributed by atoms with E-state index in [2.05, 4.69) is 22.2 Å². The summed E-state index contributed by atoms with van der Waals surface area (Å²) in [4.78, 5) is 8.96. The van der Waals surface area contributed by atoms with Crippen molar-refractivity contribution in [2.24, 2.45) is 5.41 Å². The minimum Gasteiger partial charge on any atom is -0.381 e. The second kappa shape index (κ2) is 4.68. The van der Waals surface area contributed by atoms with Crippen LogP contribution in [-0.4, -0.2) is 16.5 Å². The van der Waals surface area contributed by atoms with Gasteiger partial charge in [0.25, 0.3) is 0 Å². The summed E-state index contributed by atoms with van der Waals surface area (Å²) in [7, 11) is 0. The van der Waals surface area contributed by atoms with Crippen LogP contribution in [0.25, 0.3) is 11.0 Å². The molecule has 19 heavy (non-hydrogen) atoms. The van der Waals surface area contributed by atoms with Crippen molar-refractivity contribution in [2.45, 2.75) is 32.6 Å². The van der Waals surface area contributed by atoms with Gasteiger partial charge in [-0.25, -0.2) is 9.97 Å². The van der Waals surface area contributed by atoms with Gasteiger partial charge in [-0.05, 0) is 30.4 Å². The van der Waals surface area contributed by atoms with Gasteiger partial charge in [-0.3, -0.25) is 0 Å². The van der Waals surface area contributed by atoms with E-state index in [1.165, 1.54) is 25.7 Å². The molecule has 1 heterocycles. The Labute approximate surface area is 113 Å². The number of rotatable bonds is 3. The lowest BCUT2D eigenvalue weighted by Gasteiger charge is -2.24. The van der Waals surface area contributed by atoms with Crippen LogP contribution in [0.4, 0.5) is 11.6 Å². The number of benzene rings is 1. The number of aromatic nitrogens is 2. The largest absolute Gasteiger partial charge is 0.381 e. The standard InChI is InChI=1S/C15H20N4/c1-15(8-4-5-9-15)10-17-14-13(16)18-11-6-2-3-7-12(11)19-14/h2-3,6-7H,4-5,8-10H2,1H3,(H2,16,18)(H,17,19). The van der Waals surface area contributed by atoms with E-state index in [-0.39, 0.29) is 0 Å². The Morgan fingerprint density at radius 2 is 1.79 bits per heavy atom. The SMILES string of the molecule is CC1(CNc2nc3ccccc3nc2N)CCCC1. The van der Waals surface area contributed by atoms with Gasteiger partial charge in [0.15, 0.2) is 11.6 Å². The summed E-state index contributed by atoms with van der Waals surface area (Å²) < 4.78 is 0. The molecular formula is C15H20N4. The van der Waals surface area contributed by atoms with Crippen molar-refractivity contribution in [1.82, 2.24) is 9.97 Å². The van der Waals surface area contributed by atoms with Crippen LogP contribution < -0.4 is 11.1 Å². The highest BCUT2D eigenvalue weighted by atomic mass is 15.1. The molecule has 100 valence electrons. The summed E-state index contributed by atoms with van der Waals surface area (Å²) in [5.41, 5.74) is 8.08. The van der Waals surface area contributed by atoms with Crippen LogP contribution in [0.1, 0.15) is 32.6 Å². The van der Waals surface area contributed by atoms with Gasteiger partial charge in [0.05, 0.1) is 11.0 Å². The maximum atomic E-state index is 5.98. The number of nitrogens with zero attached hydrogens (tertiary/aromatic N) is 2. The van der Waals surface area contributed by atoms with E-state index in [4.69, 9.17) is 5.73 Å². The topological polar surface area (TPSA) is 63.8 Å². The van der Waals surface area contributed by atoms with Crippen molar-refractivity contribution >= 4 is 22.7 Å². The van der Waals surface area contributed by atoms with Crippen molar-refractivity contribution < 1.29 is 0 Å². The summed E-state index contributed by atoms with van der Waals surface area (Å²) in [6.07, 6.45) is 5.22. The minimum absolute atomic E-state index is 0.375. The molecule has 2 aromatic rings. The predicted molar refractivity (Wildman–Crippen MR) is 79.0 cm³/mol. The van der Waals surface area contributed by atoms with E-state index < -0.39 is 0 Å². The first-order valence-corrected chi connectivity index (χ1v) is 6.92. The van der Waals surface area contributed by atoms with Crippen LogP contribution in [0.5, 0.6) is 0 Å². The molecule has 1 saturated carbocycles. The molecule has 4 nitrogen and oxygen atoms in total. The molecule has 1 aliphatic rings. The Morgan fingerprint density at radius 1 is 1.16 bits per heavy atom. The molecule has 0 spiro atoms. The number of hydrogen-bond acceptors (Lipinski definition) is 4. The predicted octanol–water partition coefficient (Wildman–Crippen LogP) is 3.20. The molecule has 0 unspecified atom stereocenters. The summed E-state index contributed by atoms with van der Waals surface area (Å²) >= 11 is 0. The third-order valence-electron chi connectivity index (χ3n) is 4.09. The molecule has 0 bridgehead atoms. The molecule has 0 radical (unpaired) electrons. The molecule has 1 aromatic carbocycles. The van der Waals surface area contributed by atoms with Crippen molar-refractivity contribution in [3.05, 3.63) is 24.3 Å². The van der Waals surface area contributed by atoms with E-state index in [1.54, 1.807) is 0 Å². The molecule has 0 aliphatic heterocycles. The van der Waals surface area contributed by atoms with E-state index in [0.717, 1.165) is 17.6 Å². The zero-order chi connectivity index (χ0) is 13.3. The maximum absolute atomic E-state index is 5.98. The number of nitrogens with two attached hydrogens (primary N) is 1. The van der Waals surface area contributed by atoms with Crippen LogP contribution in [0, 0.1) is 5.41 Å². The Hall–Kier alpha value is -1.84. The Balaban J connectivity index is 1.82. The third kappa shape index (κ3) is 2.48. The average molecular weight is 256 g/mol. The van der Waals surface area contributed by atoms with Crippen molar-refractivity contribution in [3.8, 4) is 0 Å². The number of nitrogen functional groups attached to an aromatic ring is 1. The maximum Gasteiger partial charge on any atom is 0.169 e. The normalized spacial score (nSPS) is 17.7. The fourth-order valence-corrected chi connectivity index (χ4v) is 2.85. The summed E-state index contributed by atoms with van der Waals surface area (Å²) in [5.74, 6) is 1.20. The number of hydrogen-bond donors (Lipinski definition) is 2. The van der Waals surface area contributed by atoms with Gasteiger partial charge >= 0.3 is 0 Å². The molecule has 0 saturated heterocycles.